The molecular formula is C18H25N3O4. The number of benzene rings is 1. The van der Waals surface area contributed by atoms with Gasteiger partial charge in [0.05, 0.1) is 13.2 Å². The van der Waals surface area contributed by atoms with E-state index in [0.717, 1.165) is 16.9 Å². The number of urea groups is 1. The van der Waals surface area contributed by atoms with Crippen molar-refractivity contribution in [3.63, 3.8) is 0 Å². The summed E-state index contributed by atoms with van der Waals surface area (Å²) < 4.78 is 5.34. The second kappa shape index (κ2) is 8.50. The zero-order valence-corrected chi connectivity index (χ0v) is 14.9. The van der Waals surface area contributed by atoms with Crippen LogP contribution in [0.1, 0.15) is 43.4 Å². The van der Waals surface area contributed by atoms with Crippen LogP contribution >= 0.6 is 0 Å². The van der Waals surface area contributed by atoms with E-state index in [1.165, 1.54) is 4.90 Å². The molecule has 1 fully saturated rings. The summed E-state index contributed by atoms with van der Waals surface area (Å²) >= 11 is 0. The average Bonchev–Trinajstić information content (AvgIpc) is 2.90. The highest BCUT2D eigenvalue weighted by Gasteiger charge is 2.27. The first kappa shape index (κ1) is 18.8. The Morgan fingerprint density at radius 2 is 1.96 bits per heavy atom. The molecule has 7 heteroatoms. The maximum Gasteiger partial charge on any atom is 0.315 e. The number of methoxy groups -OCH3 is 1. The van der Waals surface area contributed by atoms with Crippen molar-refractivity contribution in [3.05, 3.63) is 29.3 Å². The number of likely N-dealkylation sites (tertiary alicyclic amines) is 1. The van der Waals surface area contributed by atoms with Gasteiger partial charge < -0.3 is 15.4 Å². The van der Waals surface area contributed by atoms with E-state index in [0.29, 0.717) is 32.4 Å². The molecular weight excluding hydrogens is 322 g/mol. The van der Waals surface area contributed by atoms with E-state index in [4.69, 9.17) is 4.74 Å². The molecule has 0 saturated carbocycles. The Kier molecular flexibility index (Phi) is 6.38. The second-order valence-corrected chi connectivity index (χ2v) is 6.16. The molecule has 0 aliphatic carbocycles. The normalized spacial score (nSPS) is 15.2. The number of hydrogen-bond donors (Lipinski definition) is 2. The summed E-state index contributed by atoms with van der Waals surface area (Å²) in [6.07, 6.45) is 1.12. The molecule has 2 N–H and O–H groups in total. The van der Waals surface area contributed by atoms with Crippen LogP contribution in [0.5, 0.6) is 5.75 Å². The topological polar surface area (TPSA) is 87.7 Å². The van der Waals surface area contributed by atoms with Crippen LogP contribution in [0.25, 0.3) is 0 Å². The van der Waals surface area contributed by atoms with Crippen LogP contribution in [0.3, 0.4) is 0 Å². The van der Waals surface area contributed by atoms with E-state index in [-0.39, 0.29) is 23.9 Å². The number of nitrogens with zero attached hydrogens (tertiary/aromatic N) is 1. The van der Waals surface area contributed by atoms with Gasteiger partial charge in [-0.15, -0.1) is 0 Å². The summed E-state index contributed by atoms with van der Waals surface area (Å²) in [5, 5.41) is 5.62. The summed E-state index contributed by atoms with van der Waals surface area (Å²) in [6, 6.07) is 5.31. The number of hydrogen-bond acceptors (Lipinski definition) is 4. The van der Waals surface area contributed by atoms with Crippen molar-refractivity contribution >= 4 is 17.8 Å². The monoisotopic (exact) mass is 347 g/mol. The van der Waals surface area contributed by atoms with Gasteiger partial charge in [0.25, 0.3) is 0 Å². The maximum atomic E-state index is 12.0. The van der Waals surface area contributed by atoms with E-state index in [1.807, 2.05) is 32.0 Å². The van der Waals surface area contributed by atoms with Gasteiger partial charge in [0.1, 0.15) is 5.75 Å². The van der Waals surface area contributed by atoms with Gasteiger partial charge in [-0.25, -0.2) is 4.79 Å². The molecule has 0 spiro atoms. The minimum Gasteiger partial charge on any atom is -0.496 e. The first-order chi connectivity index (χ1) is 11.9. The summed E-state index contributed by atoms with van der Waals surface area (Å²) in [5.41, 5.74) is 2.00. The van der Waals surface area contributed by atoms with Crippen LogP contribution in [-0.4, -0.2) is 42.9 Å². The summed E-state index contributed by atoms with van der Waals surface area (Å²) in [7, 11) is 1.60. The number of carbonyl (C=O) groups excluding carboxylic acids is 3. The van der Waals surface area contributed by atoms with Gasteiger partial charge >= 0.3 is 6.03 Å². The highest BCUT2D eigenvalue weighted by atomic mass is 16.5. The van der Waals surface area contributed by atoms with E-state index < -0.39 is 0 Å². The lowest BCUT2D eigenvalue weighted by Crippen LogP contribution is -2.39. The number of amides is 4. The second-order valence-electron chi connectivity index (χ2n) is 6.16. The molecule has 0 aromatic heterocycles. The van der Waals surface area contributed by atoms with Gasteiger partial charge in [-0.3, -0.25) is 14.5 Å². The Hall–Kier alpha value is -2.57. The number of carbonyl (C=O) groups is 3. The van der Waals surface area contributed by atoms with E-state index in [2.05, 4.69) is 10.6 Å². The molecule has 1 aromatic carbocycles. The SMILES string of the molecule is COc1ccc(C)cc1C(C)NC(=O)NCCCN1C(=O)CCC1=O. The number of rotatable bonds is 7. The van der Waals surface area contributed by atoms with Gasteiger partial charge in [0, 0.05) is 31.5 Å². The van der Waals surface area contributed by atoms with Crippen LogP contribution in [0.15, 0.2) is 18.2 Å². The fourth-order valence-corrected chi connectivity index (χ4v) is 2.83. The fraction of sp³-hybridized carbons (Fsp3) is 0.500. The molecule has 1 unspecified atom stereocenters. The van der Waals surface area contributed by atoms with Crippen molar-refractivity contribution < 1.29 is 19.1 Å². The van der Waals surface area contributed by atoms with Crippen molar-refractivity contribution in [1.29, 1.82) is 0 Å². The van der Waals surface area contributed by atoms with Crippen molar-refractivity contribution in [2.75, 3.05) is 20.2 Å². The minimum atomic E-state index is -0.296. The Labute approximate surface area is 147 Å². The van der Waals surface area contributed by atoms with Crippen molar-refractivity contribution in [2.45, 2.75) is 39.2 Å². The molecule has 2 rings (SSSR count). The third kappa shape index (κ3) is 4.95. The molecule has 7 nitrogen and oxygen atoms in total. The third-order valence-electron chi connectivity index (χ3n) is 4.20. The van der Waals surface area contributed by atoms with Gasteiger partial charge in [-0.2, -0.15) is 0 Å². The largest absolute Gasteiger partial charge is 0.496 e. The van der Waals surface area contributed by atoms with Crippen molar-refractivity contribution in [3.8, 4) is 5.75 Å². The van der Waals surface area contributed by atoms with Crippen LogP contribution in [0.2, 0.25) is 0 Å². The summed E-state index contributed by atoms with van der Waals surface area (Å²) in [6.45, 7) is 4.61. The standard InChI is InChI=1S/C18H25N3O4/c1-12-5-6-15(25-3)14(11-12)13(2)20-18(24)19-9-4-10-21-16(22)7-8-17(21)23/h5-6,11,13H,4,7-10H2,1-3H3,(H2,19,20,24). The van der Waals surface area contributed by atoms with Crippen LogP contribution in [0.4, 0.5) is 4.79 Å². The molecule has 1 aromatic rings. The van der Waals surface area contributed by atoms with Gasteiger partial charge in [0.2, 0.25) is 11.8 Å². The molecule has 1 atom stereocenters. The first-order valence-electron chi connectivity index (χ1n) is 8.44. The number of nitrogens with one attached hydrogen (secondary N) is 2. The Bertz CT molecular complexity index is 644. The Morgan fingerprint density at radius 1 is 1.28 bits per heavy atom. The summed E-state index contributed by atoms with van der Waals surface area (Å²) in [4.78, 5) is 36.3. The quantitative estimate of drug-likeness (QED) is 0.582. The van der Waals surface area contributed by atoms with Crippen LogP contribution < -0.4 is 15.4 Å². The predicted molar refractivity (Wildman–Crippen MR) is 93.3 cm³/mol. The predicted octanol–water partition coefficient (Wildman–Crippen LogP) is 1.90. The lowest BCUT2D eigenvalue weighted by molar-refractivity contribution is -0.138. The fourth-order valence-electron chi connectivity index (χ4n) is 2.83. The Morgan fingerprint density at radius 3 is 2.60 bits per heavy atom. The minimum absolute atomic E-state index is 0.130. The molecule has 1 heterocycles. The van der Waals surface area contributed by atoms with E-state index >= 15 is 0 Å². The lowest BCUT2D eigenvalue weighted by atomic mass is 10.0. The molecule has 1 aliphatic rings. The molecule has 136 valence electrons. The molecule has 0 bridgehead atoms. The molecule has 4 amide bonds. The molecule has 1 saturated heterocycles. The molecule has 25 heavy (non-hydrogen) atoms. The van der Waals surface area contributed by atoms with Gasteiger partial charge in [-0.05, 0) is 26.3 Å². The van der Waals surface area contributed by atoms with Gasteiger partial charge in [0.15, 0.2) is 0 Å². The van der Waals surface area contributed by atoms with Gasteiger partial charge in [-0.1, -0.05) is 17.7 Å². The van der Waals surface area contributed by atoms with E-state index in [1.54, 1.807) is 7.11 Å². The lowest BCUT2D eigenvalue weighted by Gasteiger charge is -2.19. The zero-order valence-electron chi connectivity index (χ0n) is 14.9. The van der Waals surface area contributed by atoms with Crippen LogP contribution in [0, 0.1) is 6.92 Å². The Balaban J connectivity index is 1.77. The maximum absolute atomic E-state index is 12.0. The highest BCUT2D eigenvalue weighted by molar-refractivity contribution is 6.01. The number of aryl methyl sites for hydroxylation is 1. The van der Waals surface area contributed by atoms with Crippen molar-refractivity contribution in [1.82, 2.24) is 15.5 Å². The number of ether oxygens (including phenoxy) is 1. The zero-order chi connectivity index (χ0) is 18.4. The first-order valence-corrected chi connectivity index (χ1v) is 8.44. The summed E-state index contributed by atoms with van der Waals surface area (Å²) in [5.74, 6) is 0.466. The van der Waals surface area contributed by atoms with Crippen LogP contribution in [-0.2, 0) is 9.59 Å². The third-order valence-corrected chi connectivity index (χ3v) is 4.20. The van der Waals surface area contributed by atoms with E-state index in [9.17, 15) is 14.4 Å². The molecule has 1 aliphatic heterocycles. The average molecular weight is 347 g/mol. The highest BCUT2D eigenvalue weighted by Crippen LogP contribution is 2.25. The smallest absolute Gasteiger partial charge is 0.315 e. The van der Waals surface area contributed by atoms with Crippen molar-refractivity contribution in [2.24, 2.45) is 0 Å². The molecule has 0 radical (unpaired) electrons. The number of imide groups is 1.